The molecule has 5 nitrogen and oxygen atoms in total. The van der Waals surface area contributed by atoms with Gasteiger partial charge >= 0.3 is 0 Å². The van der Waals surface area contributed by atoms with E-state index in [0.29, 0.717) is 17.8 Å². The maximum absolute atomic E-state index is 13.1. The zero-order chi connectivity index (χ0) is 19.0. The highest BCUT2D eigenvalue weighted by Gasteiger charge is 2.36. The Morgan fingerprint density at radius 3 is 2.78 bits per heavy atom. The molecule has 1 aliphatic rings. The van der Waals surface area contributed by atoms with Gasteiger partial charge in [-0.1, -0.05) is 24.3 Å². The Morgan fingerprint density at radius 2 is 2.00 bits per heavy atom. The summed E-state index contributed by atoms with van der Waals surface area (Å²) in [5.41, 5.74) is 2.65. The number of hydrogen-bond acceptors (Lipinski definition) is 3. The van der Waals surface area contributed by atoms with Gasteiger partial charge in [0, 0.05) is 12.6 Å². The first-order valence-electron chi connectivity index (χ1n) is 8.85. The summed E-state index contributed by atoms with van der Waals surface area (Å²) in [6.07, 6.45) is 1.38. The SMILES string of the molecule is Cn1nc(-c2ccc(F)cc2)cc1C(=O)NC[C@]1(O)CCc2ccccc21. The zero-order valence-corrected chi connectivity index (χ0v) is 14.9. The fraction of sp³-hybridized carbons (Fsp3) is 0.238. The Bertz CT molecular complexity index is 997. The van der Waals surface area contributed by atoms with Crippen molar-refractivity contribution < 1.29 is 14.3 Å². The Hall–Kier alpha value is -2.99. The van der Waals surface area contributed by atoms with Crippen molar-refractivity contribution in [2.75, 3.05) is 6.54 Å². The second-order valence-electron chi connectivity index (χ2n) is 6.92. The van der Waals surface area contributed by atoms with E-state index < -0.39 is 5.60 Å². The second-order valence-corrected chi connectivity index (χ2v) is 6.92. The van der Waals surface area contributed by atoms with Gasteiger partial charge in [0.15, 0.2) is 0 Å². The maximum Gasteiger partial charge on any atom is 0.269 e. The van der Waals surface area contributed by atoms with Crippen molar-refractivity contribution in [3.63, 3.8) is 0 Å². The van der Waals surface area contributed by atoms with E-state index in [1.54, 1.807) is 25.2 Å². The molecule has 0 spiro atoms. The van der Waals surface area contributed by atoms with E-state index in [9.17, 15) is 14.3 Å². The van der Waals surface area contributed by atoms with E-state index in [1.807, 2.05) is 24.3 Å². The first-order valence-corrected chi connectivity index (χ1v) is 8.85. The van der Waals surface area contributed by atoms with Crippen LogP contribution in [-0.4, -0.2) is 27.3 Å². The summed E-state index contributed by atoms with van der Waals surface area (Å²) >= 11 is 0. The Kier molecular flexibility index (Phi) is 4.28. The first-order chi connectivity index (χ1) is 13.0. The number of fused-ring (bicyclic) bond motifs is 1. The van der Waals surface area contributed by atoms with Crippen LogP contribution in [0.3, 0.4) is 0 Å². The number of aliphatic hydroxyl groups is 1. The van der Waals surface area contributed by atoms with Gasteiger partial charge in [-0.15, -0.1) is 0 Å². The normalized spacial score (nSPS) is 18.3. The van der Waals surface area contributed by atoms with Crippen LogP contribution in [0.2, 0.25) is 0 Å². The minimum Gasteiger partial charge on any atom is -0.383 e. The first kappa shape index (κ1) is 17.4. The van der Waals surface area contributed by atoms with Gasteiger partial charge in [-0.2, -0.15) is 5.10 Å². The highest BCUT2D eigenvalue weighted by atomic mass is 19.1. The molecule has 0 saturated carbocycles. The Labute approximate surface area is 156 Å². The maximum atomic E-state index is 13.1. The largest absolute Gasteiger partial charge is 0.383 e. The molecule has 4 rings (SSSR count). The van der Waals surface area contributed by atoms with Crippen molar-refractivity contribution in [3.05, 3.63) is 77.2 Å². The molecule has 1 heterocycles. The lowest BCUT2D eigenvalue weighted by atomic mass is 9.96. The molecular formula is C21H20FN3O2. The van der Waals surface area contributed by atoms with Gasteiger partial charge in [0.1, 0.15) is 17.1 Å². The highest BCUT2D eigenvalue weighted by Crippen LogP contribution is 2.36. The fourth-order valence-electron chi connectivity index (χ4n) is 3.61. The van der Waals surface area contributed by atoms with E-state index in [2.05, 4.69) is 10.4 Å². The molecule has 2 aromatic carbocycles. The number of carbonyl (C=O) groups is 1. The van der Waals surface area contributed by atoms with Crippen LogP contribution in [0.1, 0.15) is 28.0 Å². The summed E-state index contributed by atoms with van der Waals surface area (Å²) < 4.78 is 14.6. The highest BCUT2D eigenvalue weighted by molar-refractivity contribution is 5.93. The number of hydrogen-bond donors (Lipinski definition) is 2. The van der Waals surface area contributed by atoms with Gasteiger partial charge in [0.25, 0.3) is 5.91 Å². The average molecular weight is 365 g/mol. The summed E-state index contributed by atoms with van der Waals surface area (Å²) in [5, 5.41) is 18.1. The van der Waals surface area contributed by atoms with Crippen LogP contribution < -0.4 is 5.32 Å². The summed E-state index contributed by atoms with van der Waals surface area (Å²) in [5.74, 6) is -0.631. The van der Waals surface area contributed by atoms with Gasteiger partial charge in [-0.3, -0.25) is 9.48 Å². The third-order valence-electron chi connectivity index (χ3n) is 5.12. The topological polar surface area (TPSA) is 67.2 Å². The van der Waals surface area contributed by atoms with Crippen LogP contribution in [0, 0.1) is 5.82 Å². The lowest BCUT2D eigenvalue weighted by molar-refractivity contribution is 0.0368. The smallest absolute Gasteiger partial charge is 0.269 e. The molecule has 1 aromatic heterocycles. The summed E-state index contributed by atoms with van der Waals surface area (Å²) in [4.78, 5) is 12.6. The van der Waals surface area contributed by atoms with Crippen molar-refractivity contribution in [1.29, 1.82) is 0 Å². The van der Waals surface area contributed by atoms with E-state index >= 15 is 0 Å². The molecule has 0 bridgehead atoms. The van der Waals surface area contributed by atoms with Gasteiger partial charge in [0.2, 0.25) is 0 Å². The van der Waals surface area contributed by atoms with Crippen LogP contribution >= 0.6 is 0 Å². The Balaban J connectivity index is 1.50. The number of nitrogens with zero attached hydrogens (tertiary/aromatic N) is 2. The predicted octanol–water partition coefficient (Wildman–Crippen LogP) is 2.79. The standard InChI is InChI=1S/C21H20FN3O2/c1-25-19(12-18(24-25)15-6-8-16(22)9-7-15)20(26)23-13-21(27)11-10-14-4-2-3-5-17(14)21/h2-9,12,27H,10-11,13H2,1H3,(H,23,26)/t21-/m1/s1. The summed E-state index contributed by atoms with van der Waals surface area (Å²) in [6, 6.07) is 15.4. The quantitative estimate of drug-likeness (QED) is 0.747. The molecule has 3 aromatic rings. The monoisotopic (exact) mass is 365 g/mol. The van der Waals surface area contributed by atoms with Gasteiger partial charge in [-0.05, 0) is 54.3 Å². The minimum atomic E-state index is -1.05. The molecule has 0 unspecified atom stereocenters. The van der Waals surface area contributed by atoms with E-state index in [1.165, 1.54) is 16.8 Å². The number of aryl methyl sites for hydroxylation is 2. The van der Waals surface area contributed by atoms with Crippen LogP contribution in [0.4, 0.5) is 4.39 Å². The lowest BCUT2D eigenvalue weighted by Gasteiger charge is -2.24. The van der Waals surface area contributed by atoms with E-state index in [4.69, 9.17) is 0 Å². The Morgan fingerprint density at radius 1 is 1.26 bits per heavy atom. The van der Waals surface area contributed by atoms with Crippen LogP contribution in [-0.2, 0) is 19.1 Å². The molecule has 0 radical (unpaired) electrons. The molecule has 27 heavy (non-hydrogen) atoms. The summed E-state index contributed by atoms with van der Waals surface area (Å²) in [6.45, 7) is 0.139. The zero-order valence-electron chi connectivity index (χ0n) is 14.9. The predicted molar refractivity (Wildman–Crippen MR) is 99.6 cm³/mol. The molecule has 138 valence electrons. The van der Waals surface area contributed by atoms with Gasteiger partial charge < -0.3 is 10.4 Å². The number of halogens is 1. The molecule has 1 aliphatic carbocycles. The molecule has 1 amide bonds. The third-order valence-corrected chi connectivity index (χ3v) is 5.12. The van der Waals surface area contributed by atoms with Crippen molar-refractivity contribution in [3.8, 4) is 11.3 Å². The van der Waals surface area contributed by atoms with E-state index in [-0.39, 0.29) is 18.3 Å². The molecule has 0 saturated heterocycles. The molecule has 6 heteroatoms. The molecule has 0 fully saturated rings. The van der Waals surface area contributed by atoms with Crippen LogP contribution in [0.15, 0.2) is 54.6 Å². The third kappa shape index (κ3) is 3.24. The fourth-order valence-corrected chi connectivity index (χ4v) is 3.61. The number of aromatic nitrogens is 2. The second kappa shape index (κ2) is 6.63. The van der Waals surface area contributed by atoms with Gasteiger partial charge in [-0.25, -0.2) is 4.39 Å². The van der Waals surface area contributed by atoms with Gasteiger partial charge in [0.05, 0.1) is 12.2 Å². The molecule has 1 atom stereocenters. The lowest BCUT2D eigenvalue weighted by Crippen LogP contribution is -2.39. The molecule has 0 aliphatic heterocycles. The van der Waals surface area contributed by atoms with Crippen LogP contribution in [0.5, 0.6) is 0 Å². The number of nitrogens with one attached hydrogen (secondary N) is 1. The van der Waals surface area contributed by atoms with Crippen molar-refractivity contribution in [1.82, 2.24) is 15.1 Å². The minimum absolute atomic E-state index is 0.139. The number of amides is 1. The molecular weight excluding hydrogens is 345 g/mol. The number of benzene rings is 2. The van der Waals surface area contributed by atoms with Crippen molar-refractivity contribution in [2.45, 2.75) is 18.4 Å². The molecule has 2 N–H and O–H groups in total. The summed E-state index contributed by atoms with van der Waals surface area (Å²) in [7, 11) is 1.68. The van der Waals surface area contributed by atoms with E-state index in [0.717, 1.165) is 23.1 Å². The van der Waals surface area contributed by atoms with Crippen LogP contribution in [0.25, 0.3) is 11.3 Å². The van der Waals surface area contributed by atoms with Crippen molar-refractivity contribution >= 4 is 5.91 Å². The van der Waals surface area contributed by atoms with Crippen molar-refractivity contribution in [2.24, 2.45) is 7.05 Å². The average Bonchev–Trinajstić information content (AvgIpc) is 3.22. The number of rotatable bonds is 4. The number of carbonyl (C=O) groups excluding carboxylic acids is 1.